The normalized spacial score (nSPS) is 12.9. The number of carbonyl (C=O) groups excluding carboxylic acids is 2. The Hall–Kier alpha value is -3.13. The summed E-state index contributed by atoms with van der Waals surface area (Å²) < 4.78 is 10.7. The summed E-state index contributed by atoms with van der Waals surface area (Å²) in [5.41, 5.74) is 4.85. The van der Waals surface area contributed by atoms with Crippen LogP contribution in [0.15, 0.2) is 54.6 Å². The summed E-state index contributed by atoms with van der Waals surface area (Å²) in [6.45, 7) is 3.30. The molecule has 0 aliphatic carbocycles. The number of fused-ring (bicyclic) bond motifs is 3. The molecule has 0 bridgehead atoms. The van der Waals surface area contributed by atoms with Crippen LogP contribution in [-0.4, -0.2) is 35.1 Å². The number of benzene rings is 2. The van der Waals surface area contributed by atoms with Gasteiger partial charge in [-0.05, 0) is 42.2 Å². The molecule has 9 heteroatoms. The molecule has 2 aromatic heterocycles. The van der Waals surface area contributed by atoms with Crippen molar-refractivity contribution < 1.29 is 19.1 Å². The van der Waals surface area contributed by atoms with Crippen molar-refractivity contribution in [2.45, 2.75) is 32.4 Å². The number of carbonyl (C=O) groups is 2. The average molecular weight is 555 g/mol. The highest BCUT2D eigenvalue weighted by Crippen LogP contribution is 2.44. The molecule has 0 fully saturated rings. The Morgan fingerprint density at radius 1 is 1.08 bits per heavy atom. The van der Waals surface area contributed by atoms with Gasteiger partial charge in [0.2, 0.25) is 0 Å². The van der Waals surface area contributed by atoms with Gasteiger partial charge in [0.05, 0.1) is 35.3 Å². The first-order valence-electron chi connectivity index (χ1n) is 11.9. The molecule has 0 radical (unpaired) electrons. The topological polar surface area (TPSA) is 68.7 Å². The Kier molecular flexibility index (Phi) is 7.65. The lowest BCUT2D eigenvalue weighted by Crippen LogP contribution is -2.35. The number of pyridine rings is 1. The van der Waals surface area contributed by atoms with Gasteiger partial charge in [-0.3, -0.25) is 0 Å². The third-order valence-corrected chi connectivity index (χ3v) is 8.04. The van der Waals surface area contributed by atoms with Gasteiger partial charge in [0.15, 0.2) is 0 Å². The number of aromatic nitrogens is 1. The van der Waals surface area contributed by atoms with Crippen LogP contribution in [0.4, 0.5) is 4.79 Å². The predicted molar refractivity (Wildman–Crippen MR) is 146 cm³/mol. The van der Waals surface area contributed by atoms with Crippen LogP contribution in [0.2, 0.25) is 5.02 Å². The van der Waals surface area contributed by atoms with Crippen molar-refractivity contribution in [2.75, 3.05) is 13.2 Å². The van der Waals surface area contributed by atoms with Crippen molar-refractivity contribution in [3.63, 3.8) is 0 Å². The second-order valence-electron chi connectivity index (χ2n) is 8.57. The lowest BCUT2D eigenvalue weighted by atomic mass is 9.95. The van der Waals surface area contributed by atoms with Crippen molar-refractivity contribution in [2.24, 2.45) is 0 Å². The molecule has 2 aromatic carbocycles. The maximum absolute atomic E-state index is 12.8. The first-order chi connectivity index (χ1) is 18.0. The molecule has 0 N–H and O–H groups in total. The molecule has 1 aliphatic rings. The van der Waals surface area contributed by atoms with Crippen LogP contribution in [0, 0.1) is 0 Å². The van der Waals surface area contributed by atoms with E-state index >= 15 is 0 Å². The summed E-state index contributed by atoms with van der Waals surface area (Å²) in [7, 11) is 0. The number of thiophene rings is 1. The summed E-state index contributed by atoms with van der Waals surface area (Å²) in [4.78, 5) is 33.3. The third kappa shape index (κ3) is 5.17. The maximum atomic E-state index is 12.8. The van der Waals surface area contributed by atoms with Crippen LogP contribution in [-0.2, 0) is 34.9 Å². The van der Waals surface area contributed by atoms with E-state index in [-0.39, 0.29) is 24.5 Å². The van der Waals surface area contributed by atoms with Crippen LogP contribution in [0.25, 0.3) is 21.3 Å². The molecule has 1 amide bonds. The number of rotatable bonds is 6. The van der Waals surface area contributed by atoms with Crippen molar-refractivity contribution in [1.29, 1.82) is 0 Å². The molecular weight excluding hydrogens is 531 g/mol. The lowest BCUT2D eigenvalue weighted by molar-refractivity contribution is 0.0526. The van der Waals surface area contributed by atoms with E-state index in [2.05, 4.69) is 0 Å². The molecule has 0 unspecified atom stereocenters. The highest BCUT2D eigenvalue weighted by Gasteiger charge is 2.29. The Bertz CT molecular complexity index is 1460. The zero-order valence-electron chi connectivity index (χ0n) is 20.1. The molecule has 6 nitrogen and oxygen atoms in total. The minimum Gasteiger partial charge on any atom is -0.462 e. The third-order valence-electron chi connectivity index (χ3n) is 6.27. The van der Waals surface area contributed by atoms with Crippen molar-refractivity contribution in [1.82, 2.24) is 9.88 Å². The van der Waals surface area contributed by atoms with Crippen molar-refractivity contribution in [3.8, 4) is 11.1 Å². The summed E-state index contributed by atoms with van der Waals surface area (Å²) in [6, 6.07) is 16.8. The predicted octanol–water partition coefficient (Wildman–Crippen LogP) is 7.23. The van der Waals surface area contributed by atoms with Gasteiger partial charge in [-0.2, -0.15) is 0 Å². The van der Waals surface area contributed by atoms with Gasteiger partial charge < -0.3 is 14.4 Å². The van der Waals surface area contributed by atoms with E-state index in [1.807, 2.05) is 42.5 Å². The van der Waals surface area contributed by atoms with Crippen LogP contribution < -0.4 is 0 Å². The number of halogens is 2. The average Bonchev–Trinajstić information content (AvgIpc) is 3.29. The quantitative estimate of drug-likeness (QED) is 0.186. The van der Waals surface area contributed by atoms with E-state index in [4.69, 9.17) is 37.7 Å². The van der Waals surface area contributed by atoms with Gasteiger partial charge in [-0.25, -0.2) is 14.6 Å². The molecule has 0 atom stereocenters. The highest BCUT2D eigenvalue weighted by molar-refractivity contribution is 7.19. The van der Waals surface area contributed by atoms with Gasteiger partial charge in [-0.1, -0.05) is 54.1 Å². The number of hydrogen-bond acceptors (Lipinski definition) is 6. The number of nitrogens with zero attached hydrogens (tertiary/aromatic N) is 2. The molecule has 3 heterocycles. The van der Waals surface area contributed by atoms with E-state index in [1.54, 1.807) is 35.3 Å². The largest absolute Gasteiger partial charge is 0.462 e. The molecule has 0 saturated heterocycles. The second-order valence-corrected chi connectivity index (χ2v) is 10.3. The second kappa shape index (κ2) is 11.1. The van der Waals surface area contributed by atoms with E-state index in [0.717, 1.165) is 37.3 Å². The SMILES string of the molecule is CCOC(=O)c1ccc(-c2c(Cl)c(CCl)nc3sc4c(c23)CCN(C(=O)OCc2ccccc2)C4)cc1. The molecule has 37 heavy (non-hydrogen) atoms. The van der Waals surface area contributed by atoms with Crippen LogP contribution >= 0.6 is 34.5 Å². The Balaban J connectivity index is 1.46. The van der Waals surface area contributed by atoms with Crippen LogP contribution in [0.3, 0.4) is 0 Å². The standard InChI is InChI=1S/C28H24Cl2N2O4S/c1-2-35-27(33)19-10-8-18(9-11-19)23-24-20-12-13-32(28(34)36-16-17-6-4-3-5-7-17)15-22(20)37-26(24)31-21(14-29)25(23)30/h3-11H,2,12-16H2,1H3. The zero-order valence-corrected chi connectivity index (χ0v) is 22.5. The molecule has 1 aliphatic heterocycles. The molecule has 4 aromatic rings. The Morgan fingerprint density at radius 2 is 1.84 bits per heavy atom. The number of amides is 1. The number of ether oxygens (including phenoxy) is 2. The fourth-order valence-corrected chi connectivity index (χ4v) is 6.30. The maximum Gasteiger partial charge on any atom is 0.410 e. The minimum absolute atomic E-state index is 0.170. The number of esters is 1. The zero-order chi connectivity index (χ0) is 25.9. The summed E-state index contributed by atoms with van der Waals surface area (Å²) in [5, 5.41) is 1.47. The first kappa shape index (κ1) is 25.5. The molecule has 5 rings (SSSR count). The Morgan fingerprint density at radius 3 is 2.54 bits per heavy atom. The van der Waals surface area contributed by atoms with Gasteiger partial charge in [0.25, 0.3) is 0 Å². The van der Waals surface area contributed by atoms with Gasteiger partial charge >= 0.3 is 12.1 Å². The fourth-order valence-electron chi connectivity index (χ4n) is 4.46. The van der Waals surface area contributed by atoms with E-state index in [0.29, 0.717) is 42.4 Å². The fraction of sp³-hybridized carbons (Fsp3) is 0.250. The summed E-state index contributed by atoms with van der Waals surface area (Å²) in [5.74, 6) is -0.197. The molecule has 0 spiro atoms. The monoisotopic (exact) mass is 554 g/mol. The van der Waals surface area contributed by atoms with Crippen molar-refractivity contribution >= 4 is 56.8 Å². The van der Waals surface area contributed by atoms with Gasteiger partial charge in [-0.15, -0.1) is 22.9 Å². The van der Waals surface area contributed by atoms with Gasteiger partial charge in [0.1, 0.15) is 11.4 Å². The summed E-state index contributed by atoms with van der Waals surface area (Å²) in [6.07, 6.45) is 0.316. The highest BCUT2D eigenvalue weighted by atomic mass is 35.5. The lowest BCUT2D eigenvalue weighted by Gasteiger charge is -2.26. The van der Waals surface area contributed by atoms with Crippen LogP contribution in [0.5, 0.6) is 0 Å². The number of alkyl halides is 1. The smallest absolute Gasteiger partial charge is 0.410 e. The minimum atomic E-state index is -0.367. The van der Waals surface area contributed by atoms with E-state index in [9.17, 15) is 9.59 Å². The Labute approximate surface area is 228 Å². The molecule has 190 valence electrons. The summed E-state index contributed by atoms with van der Waals surface area (Å²) >= 11 is 14.6. The first-order valence-corrected chi connectivity index (χ1v) is 13.6. The van der Waals surface area contributed by atoms with Gasteiger partial charge in [0, 0.05) is 22.4 Å². The molecular formula is C28H24Cl2N2O4S. The molecule has 0 saturated carbocycles. The van der Waals surface area contributed by atoms with Crippen LogP contribution in [0.1, 0.15) is 39.0 Å². The van der Waals surface area contributed by atoms with E-state index in [1.165, 1.54) is 0 Å². The van der Waals surface area contributed by atoms with E-state index < -0.39 is 0 Å². The number of hydrogen-bond donors (Lipinski definition) is 0. The van der Waals surface area contributed by atoms with Crippen molar-refractivity contribution in [3.05, 3.63) is 86.9 Å².